The summed E-state index contributed by atoms with van der Waals surface area (Å²) in [7, 11) is -1.48. The van der Waals surface area contributed by atoms with Gasteiger partial charge < -0.3 is 5.32 Å². The van der Waals surface area contributed by atoms with E-state index in [1.807, 2.05) is 26.1 Å². The van der Waals surface area contributed by atoms with Gasteiger partial charge in [-0.1, -0.05) is 12.1 Å². The Hall–Kier alpha value is -0.650. The van der Waals surface area contributed by atoms with Crippen LogP contribution in [0.2, 0.25) is 0 Å². The van der Waals surface area contributed by atoms with Gasteiger partial charge in [0, 0.05) is 10.5 Å². The molecule has 1 aliphatic heterocycles. The Morgan fingerprint density at radius 1 is 1.41 bits per heavy atom. The fourth-order valence-corrected chi connectivity index (χ4v) is 4.67. The second-order valence-corrected chi connectivity index (χ2v) is 6.96. The summed E-state index contributed by atoms with van der Waals surface area (Å²) in [6, 6.07) is 5.58. The van der Waals surface area contributed by atoms with Crippen LogP contribution in [0.5, 0.6) is 0 Å². The van der Waals surface area contributed by atoms with E-state index in [1.54, 1.807) is 12.1 Å². The van der Waals surface area contributed by atoms with Crippen LogP contribution in [0, 0.1) is 0 Å². The first-order chi connectivity index (χ1) is 7.96. The topological polar surface area (TPSA) is 46.2 Å². The van der Waals surface area contributed by atoms with Crippen molar-refractivity contribution >= 4 is 31.8 Å². The van der Waals surface area contributed by atoms with Crippen LogP contribution >= 0.6 is 15.9 Å². The van der Waals surface area contributed by atoms with Crippen molar-refractivity contribution in [1.82, 2.24) is 5.32 Å². The Kier molecular flexibility index (Phi) is 3.43. The molecule has 17 heavy (non-hydrogen) atoms. The van der Waals surface area contributed by atoms with Crippen molar-refractivity contribution in [3.8, 4) is 0 Å². The van der Waals surface area contributed by atoms with Gasteiger partial charge in [0.1, 0.15) is 0 Å². The molecule has 0 fully saturated rings. The van der Waals surface area contributed by atoms with Crippen LogP contribution in [0.25, 0.3) is 6.08 Å². The van der Waals surface area contributed by atoms with E-state index in [0.29, 0.717) is 20.7 Å². The van der Waals surface area contributed by atoms with Crippen LogP contribution in [0.3, 0.4) is 0 Å². The zero-order valence-corrected chi connectivity index (χ0v) is 12.1. The highest BCUT2D eigenvalue weighted by atomic mass is 79.9. The Morgan fingerprint density at radius 3 is 2.71 bits per heavy atom. The van der Waals surface area contributed by atoms with Gasteiger partial charge in [0.15, 0.2) is 0 Å². The smallest absolute Gasteiger partial charge is 0.204 e. The summed E-state index contributed by atoms with van der Waals surface area (Å²) in [4.78, 5) is 0.888. The van der Waals surface area contributed by atoms with Gasteiger partial charge in [-0.25, -0.2) is 8.42 Å². The highest BCUT2D eigenvalue weighted by molar-refractivity contribution is 9.10. The molecule has 1 aliphatic rings. The third-order valence-corrected chi connectivity index (χ3v) is 5.82. The molecule has 0 aromatic heterocycles. The summed E-state index contributed by atoms with van der Waals surface area (Å²) in [6.45, 7) is 1.97. The number of benzene rings is 1. The largest absolute Gasteiger partial charge is 0.317 e. The van der Waals surface area contributed by atoms with Crippen molar-refractivity contribution in [2.75, 3.05) is 7.05 Å². The molecule has 0 saturated heterocycles. The number of sulfone groups is 1. The molecule has 0 saturated carbocycles. The van der Waals surface area contributed by atoms with E-state index < -0.39 is 9.84 Å². The van der Waals surface area contributed by atoms with Crippen LogP contribution in [-0.4, -0.2) is 21.5 Å². The van der Waals surface area contributed by atoms with Crippen LogP contribution < -0.4 is 5.32 Å². The third-order valence-electron chi connectivity index (χ3n) is 2.93. The fraction of sp³-hybridized carbons (Fsp3) is 0.333. The minimum atomic E-state index is -3.31. The van der Waals surface area contributed by atoms with Crippen molar-refractivity contribution in [3.05, 3.63) is 33.1 Å². The lowest BCUT2D eigenvalue weighted by Crippen LogP contribution is -2.22. The molecule has 1 unspecified atom stereocenters. The third kappa shape index (κ3) is 2.19. The molecule has 3 nitrogen and oxygen atoms in total. The van der Waals surface area contributed by atoms with Gasteiger partial charge in [0.25, 0.3) is 0 Å². The average molecular weight is 316 g/mol. The van der Waals surface area contributed by atoms with Crippen LogP contribution in [0.1, 0.15) is 18.9 Å². The van der Waals surface area contributed by atoms with Crippen molar-refractivity contribution < 1.29 is 8.42 Å². The maximum atomic E-state index is 12.3. The van der Waals surface area contributed by atoms with Crippen LogP contribution in [0.15, 0.2) is 32.5 Å². The molecule has 0 radical (unpaired) electrons. The number of nitrogens with one attached hydrogen (secondary N) is 1. The van der Waals surface area contributed by atoms with E-state index in [0.717, 1.165) is 5.56 Å². The standard InChI is InChI=1S/C12H14BrNO2S/c1-8(14-2)6-10-7-9-4-3-5-11(13)12(9)17(10,15)16/h3-5,7-8,14H,6H2,1-2H3. The van der Waals surface area contributed by atoms with Gasteiger partial charge >= 0.3 is 0 Å². The van der Waals surface area contributed by atoms with Crippen molar-refractivity contribution in [1.29, 1.82) is 0 Å². The number of hydrogen-bond donors (Lipinski definition) is 1. The fourth-order valence-electron chi connectivity index (χ4n) is 1.88. The predicted octanol–water partition coefficient (Wildman–Crippen LogP) is 2.58. The lowest BCUT2D eigenvalue weighted by molar-refractivity contribution is 0.586. The molecule has 0 amide bonds. The molecule has 92 valence electrons. The van der Waals surface area contributed by atoms with Gasteiger partial charge in [0.05, 0.1) is 9.80 Å². The first kappa shape index (κ1) is 12.8. The van der Waals surface area contributed by atoms with Crippen molar-refractivity contribution in [3.63, 3.8) is 0 Å². The Balaban J connectivity index is 2.47. The molecule has 1 heterocycles. The monoisotopic (exact) mass is 315 g/mol. The number of halogens is 1. The van der Waals surface area contributed by atoms with Gasteiger partial charge in [-0.15, -0.1) is 0 Å². The molecule has 2 rings (SSSR count). The number of rotatable bonds is 3. The molecular weight excluding hydrogens is 302 g/mol. The summed E-state index contributed by atoms with van der Waals surface area (Å²) in [5.74, 6) is 0. The molecule has 0 spiro atoms. The summed E-state index contributed by atoms with van der Waals surface area (Å²) < 4.78 is 25.3. The SMILES string of the molecule is CNC(C)CC1=Cc2cccc(Br)c2S1(=O)=O. The van der Waals surface area contributed by atoms with E-state index in [9.17, 15) is 8.42 Å². The van der Waals surface area contributed by atoms with Crippen molar-refractivity contribution in [2.24, 2.45) is 0 Å². The molecular formula is C12H14BrNO2S. The second kappa shape index (κ2) is 4.55. The van der Waals surface area contributed by atoms with E-state index in [-0.39, 0.29) is 6.04 Å². The zero-order valence-electron chi connectivity index (χ0n) is 9.70. The molecule has 0 bridgehead atoms. The van der Waals surface area contributed by atoms with E-state index in [4.69, 9.17) is 0 Å². The summed E-state index contributed by atoms with van der Waals surface area (Å²) in [6.07, 6.45) is 2.28. The predicted molar refractivity (Wildman–Crippen MR) is 72.4 cm³/mol. The number of fused-ring (bicyclic) bond motifs is 1. The van der Waals surface area contributed by atoms with Gasteiger partial charge in [-0.3, -0.25) is 0 Å². The highest BCUT2D eigenvalue weighted by Crippen LogP contribution is 2.39. The maximum absolute atomic E-state index is 12.3. The zero-order chi connectivity index (χ0) is 12.6. The Labute approximate surface area is 110 Å². The lowest BCUT2D eigenvalue weighted by atomic mass is 10.1. The summed E-state index contributed by atoms with van der Waals surface area (Å²) >= 11 is 3.31. The molecule has 1 N–H and O–H groups in total. The minimum absolute atomic E-state index is 0.143. The lowest BCUT2D eigenvalue weighted by Gasteiger charge is -2.11. The molecule has 1 aromatic rings. The maximum Gasteiger partial charge on any atom is 0.204 e. The second-order valence-electron chi connectivity index (χ2n) is 4.17. The highest BCUT2D eigenvalue weighted by Gasteiger charge is 2.31. The first-order valence-electron chi connectivity index (χ1n) is 5.38. The average Bonchev–Trinajstić information content (AvgIpc) is 2.51. The van der Waals surface area contributed by atoms with Crippen molar-refractivity contribution in [2.45, 2.75) is 24.3 Å². The molecule has 1 atom stereocenters. The quantitative estimate of drug-likeness (QED) is 0.932. The van der Waals surface area contributed by atoms with E-state index in [2.05, 4.69) is 21.2 Å². The van der Waals surface area contributed by atoms with Gasteiger partial charge in [-0.2, -0.15) is 0 Å². The van der Waals surface area contributed by atoms with Gasteiger partial charge in [-0.05, 0) is 54.0 Å². The summed E-state index contributed by atoms with van der Waals surface area (Å²) in [5.41, 5.74) is 0.776. The molecule has 1 aromatic carbocycles. The van der Waals surface area contributed by atoms with Gasteiger partial charge in [0.2, 0.25) is 9.84 Å². The summed E-state index contributed by atoms with van der Waals surface area (Å²) in [5, 5.41) is 3.05. The minimum Gasteiger partial charge on any atom is -0.317 e. The first-order valence-corrected chi connectivity index (χ1v) is 7.66. The van der Waals surface area contributed by atoms with E-state index >= 15 is 0 Å². The molecule has 0 aliphatic carbocycles. The number of hydrogen-bond acceptors (Lipinski definition) is 3. The normalized spacial score (nSPS) is 18.6. The Bertz CT molecular complexity index is 578. The molecule has 5 heteroatoms. The van der Waals surface area contributed by atoms with Crippen LogP contribution in [-0.2, 0) is 9.84 Å². The Morgan fingerprint density at radius 2 is 2.12 bits per heavy atom. The van der Waals surface area contributed by atoms with E-state index in [1.165, 1.54) is 0 Å². The van der Waals surface area contributed by atoms with Crippen LogP contribution in [0.4, 0.5) is 0 Å².